The van der Waals surface area contributed by atoms with Crippen LogP contribution in [-0.2, 0) is 20.7 Å². The van der Waals surface area contributed by atoms with Gasteiger partial charge in [0.25, 0.3) is 0 Å². The van der Waals surface area contributed by atoms with Gasteiger partial charge in [-0.1, -0.05) is 18.2 Å². The number of esters is 1. The lowest BCUT2D eigenvalue weighted by Crippen LogP contribution is -2.32. The van der Waals surface area contributed by atoms with Gasteiger partial charge in [-0.25, -0.2) is 4.79 Å². The van der Waals surface area contributed by atoms with E-state index in [1.165, 1.54) is 11.3 Å². The summed E-state index contributed by atoms with van der Waals surface area (Å²) < 4.78 is 10.7. The van der Waals surface area contributed by atoms with Crippen LogP contribution in [0, 0.1) is 0 Å². The summed E-state index contributed by atoms with van der Waals surface area (Å²) in [4.78, 5) is 11.5. The van der Waals surface area contributed by atoms with Crippen LogP contribution in [0.1, 0.15) is 32.8 Å². The number of para-hydroxylation sites is 1. The Labute approximate surface area is 120 Å². The van der Waals surface area contributed by atoms with Gasteiger partial charge in [-0.2, -0.15) is 0 Å². The van der Waals surface area contributed by atoms with E-state index in [1.54, 1.807) is 0 Å². The SMILES string of the molecule is CC(C)(C)OC(=O)COCC1CCc2ccccc2N1. The lowest BCUT2D eigenvalue weighted by Gasteiger charge is -2.27. The van der Waals surface area contributed by atoms with Gasteiger partial charge in [-0.3, -0.25) is 0 Å². The summed E-state index contributed by atoms with van der Waals surface area (Å²) in [6, 6.07) is 8.55. The molecule has 0 amide bonds. The van der Waals surface area contributed by atoms with E-state index >= 15 is 0 Å². The van der Waals surface area contributed by atoms with Crippen molar-refractivity contribution in [3.05, 3.63) is 29.8 Å². The molecular formula is C16H23NO3. The van der Waals surface area contributed by atoms with E-state index in [1.807, 2.05) is 26.8 Å². The minimum absolute atomic E-state index is 0.0110. The zero-order chi connectivity index (χ0) is 14.6. The van der Waals surface area contributed by atoms with Gasteiger partial charge in [0.2, 0.25) is 0 Å². The number of aryl methyl sites for hydroxylation is 1. The van der Waals surface area contributed by atoms with Crippen molar-refractivity contribution in [3.63, 3.8) is 0 Å². The van der Waals surface area contributed by atoms with Crippen LogP contribution in [0.15, 0.2) is 24.3 Å². The Hall–Kier alpha value is -1.55. The summed E-state index contributed by atoms with van der Waals surface area (Å²) in [7, 11) is 0. The predicted octanol–water partition coefficient (Wildman–Crippen LogP) is 2.77. The molecule has 1 aromatic rings. The first-order valence-electron chi connectivity index (χ1n) is 7.08. The molecule has 0 bridgehead atoms. The van der Waals surface area contributed by atoms with E-state index in [2.05, 4.69) is 23.5 Å². The number of hydrogen-bond acceptors (Lipinski definition) is 4. The first-order valence-corrected chi connectivity index (χ1v) is 7.08. The number of hydrogen-bond donors (Lipinski definition) is 1. The highest BCUT2D eigenvalue weighted by Crippen LogP contribution is 2.24. The second kappa shape index (κ2) is 6.27. The van der Waals surface area contributed by atoms with Gasteiger partial charge < -0.3 is 14.8 Å². The second-order valence-electron chi connectivity index (χ2n) is 6.14. The van der Waals surface area contributed by atoms with Gasteiger partial charge in [-0.15, -0.1) is 0 Å². The lowest BCUT2D eigenvalue weighted by molar-refractivity contribution is -0.160. The summed E-state index contributed by atoms with van der Waals surface area (Å²) in [6.07, 6.45) is 2.06. The van der Waals surface area contributed by atoms with Gasteiger partial charge in [-0.05, 0) is 45.2 Å². The van der Waals surface area contributed by atoms with Crippen molar-refractivity contribution < 1.29 is 14.3 Å². The zero-order valence-corrected chi connectivity index (χ0v) is 12.4. The molecule has 110 valence electrons. The summed E-state index contributed by atoms with van der Waals surface area (Å²) in [5.41, 5.74) is 2.06. The zero-order valence-electron chi connectivity index (χ0n) is 12.4. The van der Waals surface area contributed by atoms with Crippen LogP contribution >= 0.6 is 0 Å². The van der Waals surface area contributed by atoms with Crippen LogP contribution < -0.4 is 5.32 Å². The highest BCUT2D eigenvalue weighted by atomic mass is 16.6. The molecule has 0 aromatic heterocycles. The number of anilines is 1. The van der Waals surface area contributed by atoms with Crippen LogP contribution in [0.3, 0.4) is 0 Å². The Morgan fingerprint density at radius 1 is 1.35 bits per heavy atom. The van der Waals surface area contributed by atoms with Gasteiger partial charge in [0.1, 0.15) is 12.2 Å². The monoisotopic (exact) mass is 277 g/mol. The molecule has 20 heavy (non-hydrogen) atoms. The number of carbonyl (C=O) groups is 1. The molecule has 0 saturated carbocycles. The number of nitrogens with one attached hydrogen (secondary N) is 1. The average Bonchev–Trinajstić information content (AvgIpc) is 2.36. The molecule has 0 radical (unpaired) electrons. The molecular weight excluding hydrogens is 254 g/mol. The van der Waals surface area contributed by atoms with Crippen molar-refractivity contribution in [2.24, 2.45) is 0 Å². The Balaban J connectivity index is 1.73. The molecule has 1 aromatic carbocycles. The standard InChI is InChI=1S/C16H23NO3/c1-16(2,3)20-15(18)11-19-10-13-9-8-12-6-4-5-7-14(12)17-13/h4-7,13,17H,8-11H2,1-3H3. The molecule has 2 rings (SSSR count). The quantitative estimate of drug-likeness (QED) is 0.860. The van der Waals surface area contributed by atoms with Crippen LogP contribution in [0.4, 0.5) is 5.69 Å². The summed E-state index contributed by atoms with van der Waals surface area (Å²) in [5, 5.41) is 3.44. The van der Waals surface area contributed by atoms with Gasteiger partial charge in [0, 0.05) is 11.7 Å². The summed E-state index contributed by atoms with van der Waals surface area (Å²) in [6.45, 7) is 6.09. The third kappa shape index (κ3) is 4.53. The van der Waals surface area contributed by atoms with E-state index in [0.29, 0.717) is 6.61 Å². The van der Waals surface area contributed by atoms with Crippen LogP contribution in [0.25, 0.3) is 0 Å². The van der Waals surface area contributed by atoms with E-state index in [9.17, 15) is 4.79 Å². The van der Waals surface area contributed by atoms with Crippen molar-refractivity contribution in [1.82, 2.24) is 0 Å². The summed E-state index contributed by atoms with van der Waals surface area (Å²) >= 11 is 0. The molecule has 0 aliphatic carbocycles. The maximum atomic E-state index is 11.5. The Bertz CT molecular complexity index is 465. The highest BCUT2D eigenvalue weighted by molar-refractivity contribution is 5.71. The largest absolute Gasteiger partial charge is 0.458 e. The Morgan fingerprint density at radius 2 is 2.10 bits per heavy atom. The van der Waals surface area contributed by atoms with Crippen molar-refractivity contribution in [2.75, 3.05) is 18.5 Å². The molecule has 1 aliphatic heterocycles. The van der Waals surface area contributed by atoms with E-state index in [-0.39, 0.29) is 18.6 Å². The fraction of sp³-hybridized carbons (Fsp3) is 0.562. The fourth-order valence-electron chi connectivity index (χ4n) is 2.28. The lowest BCUT2D eigenvalue weighted by atomic mass is 9.99. The van der Waals surface area contributed by atoms with Gasteiger partial charge in [0.15, 0.2) is 0 Å². The molecule has 4 nitrogen and oxygen atoms in total. The Kier molecular flexibility index (Phi) is 4.65. The van der Waals surface area contributed by atoms with Crippen LogP contribution in [-0.4, -0.2) is 30.8 Å². The number of rotatable bonds is 4. The third-order valence-corrected chi connectivity index (χ3v) is 3.10. The topological polar surface area (TPSA) is 47.6 Å². The van der Waals surface area contributed by atoms with E-state index in [4.69, 9.17) is 9.47 Å². The maximum Gasteiger partial charge on any atom is 0.332 e. The summed E-state index contributed by atoms with van der Waals surface area (Å²) in [5.74, 6) is -0.311. The van der Waals surface area contributed by atoms with Gasteiger partial charge >= 0.3 is 5.97 Å². The minimum atomic E-state index is -0.456. The third-order valence-electron chi connectivity index (χ3n) is 3.10. The normalized spacial score (nSPS) is 18.1. The average molecular weight is 277 g/mol. The molecule has 1 atom stereocenters. The molecule has 1 aliphatic rings. The smallest absolute Gasteiger partial charge is 0.332 e. The fourth-order valence-corrected chi connectivity index (χ4v) is 2.28. The molecule has 0 fully saturated rings. The molecule has 1 N–H and O–H groups in total. The van der Waals surface area contributed by atoms with Crippen molar-refractivity contribution >= 4 is 11.7 Å². The van der Waals surface area contributed by atoms with Gasteiger partial charge in [0.05, 0.1) is 6.61 Å². The number of carbonyl (C=O) groups excluding carboxylic acids is 1. The molecule has 0 saturated heterocycles. The molecule has 4 heteroatoms. The highest BCUT2D eigenvalue weighted by Gasteiger charge is 2.19. The molecule has 0 spiro atoms. The first-order chi connectivity index (χ1) is 9.44. The van der Waals surface area contributed by atoms with E-state index in [0.717, 1.165) is 12.8 Å². The minimum Gasteiger partial charge on any atom is -0.458 e. The molecule has 1 unspecified atom stereocenters. The number of benzene rings is 1. The van der Waals surface area contributed by atoms with Crippen molar-refractivity contribution in [3.8, 4) is 0 Å². The van der Waals surface area contributed by atoms with E-state index < -0.39 is 5.60 Å². The predicted molar refractivity (Wildman–Crippen MR) is 78.8 cm³/mol. The molecule has 1 heterocycles. The number of ether oxygens (including phenoxy) is 2. The Morgan fingerprint density at radius 3 is 2.85 bits per heavy atom. The van der Waals surface area contributed by atoms with Crippen LogP contribution in [0.2, 0.25) is 0 Å². The maximum absolute atomic E-state index is 11.5. The second-order valence-corrected chi connectivity index (χ2v) is 6.14. The van der Waals surface area contributed by atoms with Crippen molar-refractivity contribution in [1.29, 1.82) is 0 Å². The number of fused-ring (bicyclic) bond motifs is 1. The van der Waals surface area contributed by atoms with Crippen molar-refractivity contribution in [2.45, 2.75) is 45.3 Å². The van der Waals surface area contributed by atoms with Crippen LogP contribution in [0.5, 0.6) is 0 Å². The first kappa shape index (κ1) is 14.9.